The molecule has 0 fully saturated rings. The van der Waals surface area contributed by atoms with Gasteiger partial charge in [-0.25, -0.2) is 4.39 Å². The van der Waals surface area contributed by atoms with Crippen LogP contribution >= 0.6 is 0 Å². The van der Waals surface area contributed by atoms with Crippen molar-refractivity contribution in [1.82, 2.24) is 4.98 Å². The number of hydrogen-bond acceptors (Lipinski definition) is 1. The average Bonchev–Trinajstić information content (AvgIpc) is 2.86. The Bertz CT molecular complexity index is 792. The fourth-order valence-electron chi connectivity index (χ4n) is 2.17. The van der Waals surface area contributed by atoms with Crippen LogP contribution in [0.4, 0.5) is 10.1 Å². The summed E-state index contributed by atoms with van der Waals surface area (Å²) in [6.07, 6.45) is 1.63. The predicted molar refractivity (Wildman–Crippen MR) is 77.4 cm³/mol. The molecule has 3 rings (SSSR count). The monoisotopic (exact) mass is 268 g/mol. The van der Waals surface area contributed by atoms with Crippen molar-refractivity contribution >= 4 is 22.5 Å². The van der Waals surface area contributed by atoms with Gasteiger partial charge in [-0.15, -0.1) is 0 Å². The minimum atomic E-state index is -0.432. The zero-order valence-electron chi connectivity index (χ0n) is 10.9. The minimum absolute atomic E-state index is 0.186. The van der Waals surface area contributed by atoms with E-state index in [4.69, 9.17) is 0 Å². The Kier molecular flexibility index (Phi) is 2.99. The largest absolute Gasteiger partial charge is 0.360 e. The van der Waals surface area contributed by atoms with Crippen LogP contribution in [0, 0.1) is 12.7 Å². The van der Waals surface area contributed by atoms with Crippen molar-refractivity contribution in [3.05, 3.63) is 65.6 Å². The van der Waals surface area contributed by atoms with Crippen LogP contribution in [0.3, 0.4) is 0 Å². The van der Waals surface area contributed by atoms with Crippen molar-refractivity contribution < 1.29 is 9.18 Å². The minimum Gasteiger partial charge on any atom is -0.360 e. The second-order valence-corrected chi connectivity index (χ2v) is 4.69. The molecule has 2 aromatic carbocycles. The molecule has 0 saturated carbocycles. The van der Waals surface area contributed by atoms with E-state index in [1.807, 2.05) is 24.3 Å². The summed E-state index contributed by atoms with van der Waals surface area (Å²) >= 11 is 0. The molecule has 1 amide bonds. The number of aryl methyl sites for hydroxylation is 1. The van der Waals surface area contributed by atoms with Crippen LogP contribution < -0.4 is 5.32 Å². The third-order valence-corrected chi connectivity index (χ3v) is 3.21. The summed E-state index contributed by atoms with van der Waals surface area (Å²) in [6.45, 7) is 1.80. The second-order valence-electron chi connectivity index (χ2n) is 4.69. The van der Waals surface area contributed by atoms with Gasteiger partial charge in [0.25, 0.3) is 5.91 Å². The molecule has 0 aliphatic carbocycles. The first-order chi connectivity index (χ1) is 9.65. The fourth-order valence-corrected chi connectivity index (χ4v) is 2.17. The first kappa shape index (κ1) is 12.4. The number of anilines is 1. The number of rotatable bonds is 2. The van der Waals surface area contributed by atoms with Gasteiger partial charge in [-0.2, -0.15) is 0 Å². The van der Waals surface area contributed by atoms with Crippen LogP contribution in [-0.4, -0.2) is 10.9 Å². The van der Waals surface area contributed by atoms with Crippen molar-refractivity contribution in [2.75, 3.05) is 5.32 Å². The highest BCUT2D eigenvalue weighted by atomic mass is 19.1. The number of aromatic amines is 1. The summed E-state index contributed by atoms with van der Waals surface area (Å²) in [6, 6.07) is 12.2. The summed E-state index contributed by atoms with van der Waals surface area (Å²) in [5.41, 5.74) is 2.38. The third kappa shape index (κ3) is 2.16. The van der Waals surface area contributed by atoms with Gasteiger partial charge in [0.2, 0.25) is 0 Å². The van der Waals surface area contributed by atoms with Gasteiger partial charge in [-0.05, 0) is 30.7 Å². The molecule has 2 N–H and O–H groups in total. The smallest absolute Gasteiger partial charge is 0.257 e. The maximum absolute atomic E-state index is 13.7. The van der Waals surface area contributed by atoms with Crippen LogP contribution in [0.1, 0.15) is 15.9 Å². The highest BCUT2D eigenvalue weighted by Crippen LogP contribution is 2.21. The summed E-state index contributed by atoms with van der Waals surface area (Å²) < 4.78 is 13.7. The molecule has 1 heterocycles. The van der Waals surface area contributed by atoms with Gasteiger partial charge in [0.05, 0.1) is 11.3 Å². The number of para-hydroxylation sites is 1. The van der Waals surface area contributed by atoms with Gasteiger partial charge in [0.15, 0.2) is 0 Å². The maximum Gasteiger partial charge on any atom is 0.257 e. The Morgan fingerprint density at radius 1 is 1.20 bits per heavy atom. The number of amides is 1. The summed E-state index contributed by atoms with van der Waals surface area (Å²) in [5.74, 6) is -0.761. The van der Waals surface area contributed by atoms with Gasteiger partial charge in [0, 0.05) is 17.1 Å². The SMILES string of the molecule is Cc1ccc(NC(=O)c2c[nH]c3ccccc23)c(F)c1. The third-order valence-electron chi connectivity index (χ3n) is 3.21. The van der Waals surface area contributed by atoms with E-state index >= 15 is 0 Å². The van der Waals surface area contributed by atoms with E-state index in [9.17, 15) is 9.18 Å². The molecule has 100 valence electrons. The van der Waals surface area contributed by atoms with Gasteiger partial charge in [-0.1, -0.05) is 24.3 Å². The molecule has 3 nitrogen and oxygen atoms in total. The predicted octanol–water partition coefficient (Wildman–Crippen LogP) is 3.87. The van der Waals surface area contributed by atoms with Gasteiger partial charge >= 0.3 is 0 Å². The average molecular weight is 268 g/mol. The van der Waals surface area contributed by atoms with Crippen LogP contribution in [0.2, 0.25) is 0 Å². The topological polar surface area (TPSA) is 44.9 Å². The number of nitrogens with one attached hydrogen (secondary N) is 2. The van der Waals surface area contributed by atoms with Gasteiger partial charge in [0.1, 0.15) is 5.82 Å². The number of benzene rings is 2. The lowest BCUT2D eigenvalue weighted by Crippen LogP contribution is -2.12. The Morgan fingerprint density at radius 3 is 2.80 bits per heavy atom. The number of aromatic nitrogens is 1. The van der Waals surface area contributed by atoms with Crippen molar-refractivity contribution in [2.45, 2.75) is 6.92 Å². The lowest BCUT2D eigenvalue weighted by atomic mass is 10.1. The Hall–Kier alpha value is -2.62. The van der Waals surface area contributed by atoms with Crippen LogP contribution in [-0.2, 0) is 0 Å². The number of carbonyl (C=O) groups excluding carboxylic acids is 1. The first-order valence-electron chi connectivity index (χ1n) is 6.29. The molecule has 0 unspecified atom stereocenters. The molecule has 4 heteroatoms. The summed E-state index contributed by atoms with van der Waals surface area (Å²) in [5, 5.41) is 3.42. The molecule has 0 aliphatic heterocycles. The van der Waals surface area contributed by atoms with E-state index in [1.54, 1.807) is 25.3 Å². The lowest BCUT2D eigenvalue weighted by molar-refractivity contribution is 0.102. The molecule has 1 aromatic heterocycles. The Morgan fingerprint density at radius 2 is 2.00 bits per heavy atom. The van der Waals surface area contributed by atoms with E-state index in [0.29, 0.717) is 5.56 Å². The molecule has 0 bridgehead atoms. The van der Waals surface area contributed by atoms with Crippen LogP contribution in [0.15, 0.2) is 48.7 Å². The van der Waals surface area contributed by atoms with E-state index in [-0.39, 0.29) is 11.6 Å². The van der Waals surface area contributed by atoms with E-state index in [2.05, 4.69) is 10.3 Å². The quantitative estimate of drug-likeness (QED) is 0.728. The molecular formula is C16H13FN2O. The molecule has 20 heavy (non-hydrogen) atoms. The van der Waals surface area contributed by atoms with Gasteiger partial charge in [-0.3, -0.25) is 4.79 Å². The number of hydrogen-bond donors (Lipinski definition) is 2. The molecule has 0 radical (unpaired) electrons. The molecule has 0 atom stereocenters. The highest BCUT2D eigenvalue weighted by Gasteiger charge is 2.13. The van der Waals surface area contributed by atoms with E-state index in [0.717, 1.165) is 16.5 Å². The highest BCUT2D eigenvalue weighted by molar-refractivity contribution is 6.12. The molecular weight excluding hydrogens is 255 g/mol. The summed E-state index contributed by atoms with van der Waals surface area (Å²) in [4.78, 5) is 15.3. The zero-order valence-corrected chi connectivity index (χ0v) is 10.9. The van der Waals surface area contributed by atoms with Crippen LogP contribution in [0.5, 0.6) is 0 Å². The molecule has 3 aromatic rings. The zero-order chi connectivity index (χ0) is 14.1. The van der Waals surface area contributed by atoms with Crippen LogP contribution in [0.25, 0.3) is 10.9 Å². The van der Waals surface area contributed by atoms with Crippen molar-refractivity contribution in [1.29, 1.82) is 0 Å². The standard InChI is InChI=1S/C16H13FN2O/c1-10-6-7-15(13(17)8-10)19-16(20)12-9-18-14-5-3-2-4-11(12)14/h2-9,18H,1H3,(H,19,20). The number of halogens is 1. The van der Waals surface area contributed by atoms with E-state index < -0.39 is 5.82 Å². The van der Waals surface area contributed by atoms with Crippen molar-refractivity contribution in [3.8, 4) is 0 Å². The number of H-pyrrole nitrogens is 1. The van der Waals surface area contributed by atoms with Crippen molar-refractivity contribution in [2.24, 2.45) is 0 Å². The normalized spacial score (nSPS) is 10.7. The molecule has 0 aliphatic rings. The Balaban J connectivity index is 1.93. The molecule has 0 saturated heterocycles. The summed E-state index contributed by atoms with van der Waals surface area (Å²) in [7, 11) is 0. The lowest BCUT2D eigenvalue weighted by Gasteiger charge is -2.06. The molecule has 0 spiro atoms. The number of carbonyl (C=O) groups is 1. The second kappa shape index (κ2) is 4.81. The van der Waals surface area contributed by atoms with E-state index in [1.165, 1.54) is 6.07 Å². The van der Waals surface area contributed by atoms with Gasteiger partial charge < -0.3 is 10.3 Å². The van der Waals surface area contributed by atoms with Crippen molar-refractivity contribution in [3.63, 3.8) is 0 Å². The Labute approximate surface area is 115 Å². The maximum atomic E-state index is 13.7. The fraction of sp³-hybridized carbons (Fsp3) is 0.0625. The number of fused-ring (bicyclic) bond motifs is 1. The first-order valence-corrected chi connectivity index (χ1v) is 6.29.